The molecule has 8 aliphatic carbocycles. The SMILES string of the molecule is O=C(NNC(=O)OCCC12CC3CC(CC(C3)C1)C2)OCCC12CC3CC(CC(C3)C1)C2. The first-order valence-electron chi connectivity index (χ1n) is 13.3. The van der Waals surface area contributed by atoms with E-state index in [0.29, 0.717) is 24.0 Å². The van der Waals surface area contributed by atoms with Crippen LogP contribution in [0.2, 0.25) is 0 Å². The molecule has 8 fully saturated rings. The van der Waals surface area contributed by atoms with Gasteiger partial charge in [0.15, 0.2) is 0 Å². The summed E-state index contributed by atoms with van der Waals surface area (Å²) >= 11 is 0. The molecule has 178 valence electrons. The lowest BCUT2D eigenvalue weighted by atomic mass is 9.49. The third-order valence-electron chi connectivity index (χ3n) is 10.3. The highest BCUT2D eigenvalue weighted by Crippen LogP contribution is 2.62. The maximum atomic E-state index is 12.0. The van der Waals surface area contributed by atoms with Crippen LogP contribution in [0.25, 0.3) is 0 Å². The van der Waals surface area contributed by atoms with Crippen molar-refractivity contribution in [2.45, 2.75) is 89.9 Å². The molecular weight excluding hydrogens is 404 g/mol. The van der Waals surface area contributed by atoms with E-state index in [0.717, 1.165) is 48.3 Å². The second-order valence-electron chi connectivity index (χ2n) is 12.9. The third-order valence-corrected chi connectivity index (χ3v) is 10.3. The van der Waals surface area contributed by atoms with Gasteiger partial charge in [-0.3, -0.25) is 0 Å². The van der Waals surface area contributed by atoms with Gasteiger partial charge in [0.1, 0.15) is 0 Å². The smallest absolute Gasteiger partial charge is 0.426 e. The summed E-state index contributed by atoms with van der Waals surface area (Å²) in [5.41, 5.74) is 5.50. The summed E-state index contributed by atoms with van der Waals surface area (Å²) in [6.45, 7) is 0.863. The molecule has 0 aliphatic heterocycles. The van der Waals surface area contributed by atoms with Crippen LogP contribution in [-0.2, 0) is 9.47 Å². The molecule has 2 amide bonds. The van der Waals surface area contributed by atoms with Crippen molar-refractivity contribution in [3.8, 4) is 0 Å². The summed E-state index contributed by atoms with van der Waals surface area (Å²) in [5.74, 6) is 5.44. The molecule has 0 saturated heterocycles. The lowest BCUT2D eigenvalue weighted by Gasteiger charge is -2.57. The molecule has 2 N–H and O–H groups in total. The number of carbonyl (C=O) groups excluding carboxylic acids is 2. The Morgan fingerprint density at radius 3 is 1.12 bits per heavy atom. The molecule has 0 aromatic carbocycles. The Labute approximate surface area is 191 Å². The Hall–Kier alpha value is -1.46. The highest BCUT2D eigenvalue weighted by molar-refractivity contribution is 5.73. The van der Waals surface area contributed by atoms with Gasteiger partial charge >= 0.3 is 12.2 Å². The molecule has 0 radical (unpaired) electrons. The minimum absolute atomic E-state index is 0.401. The van der Waals surface area contributed by atoms with E-state index < -0.39 is 12.2 Å². The van der Waals surface area contributed by atoms with Gasteiger partial charge in [-0.05, 0) is 136 Å². The zero-order valence-electron chi connectivity index (χ0n) is 19.4. The summed E-state index contributed by atoms with van der Waals surface area (Å²) in [6, 6.07) is 0. The fourth-order valence-corrected chi connectivity index (χ4v) is 10.1. The molecule has 0 atom stereocenters. The number of amides is 2. The van der Waals surface area contributed by atoms with Crippen molar-refractivity contribution in [1.29, 1.82) is 0 Å². The molecule has 0 aromatic heterocycles. The Morgan fingerprint density at radius 2 is 0.844 bits per heavy atom. The molecule has 8 rings (SSSR count). The molecule has 8 saturated carbocycles. The second kappa shape index (κ2) is 8.09. The van der Waals surface area contributed by atoms with Crippen molar-refractivity contribution in [1.82, 2.24) is 10.9 Å². The van der Waals surface area contributed by atoms with Crippen molar-refractivity contribution in [2.75, 3.05) is 13.2 Å². The molecule has 6 heteroatoms. The maximum absolute atomic E-state index is 12.0. The van der Waals surface area contributed by atoms with Crippen molar-refractivity contribution in [2.24, 2.45) is 46.3 Å². The highest BCUT2D eigenvalue weighted by atomic mass is 16.6. The summed E-state index contributed by atoms with van der Waals surface area (Å²) in [7, 11) is 0. The minimum Gasteiger partial charge on any atom is -0.448 e. The topological polar surface area (TPSA) is 76.7 Å². The van der Waals surface area contributed by atoms with E-state index in [2.05, 4.69) is 10.9 Å². The largest absolute Gasteiger partial charge is 0.448 e. The van der Waals surface area contributed by atoms with E-state index in [1.807, 2.05) is 0 Å². The average molecular weight is 445 g/mol. The predicted molar refractivity (Wildman–Crippen MR) is 119 cm³/mol. The second-order valence-corrected chi connectivity index (χ2v) is 12.9. The van der Waals surface area contributed by atoms with Gasteiger partial charge in [0.2, 0.25) is 0 Å². The summed E-state index contributed by atoms with van der Waals surface area (Å²) in [5, 5.41) is 0. The van der Waals surface area contributed by atoms with Gasteiger partial charge < -0.3 is 9.47 Å². The van der Waals surface area contributed by atoms with Crippen LogP contribution in [0.3, 0.4) is 0 Å². The highest BCUT2D eigenvalue weighted by Gasteiger charge is 2.51. The van der Waals surface area contributed by atoms with Crippen LogP contribution in [0, 0.1) is 46.3 Å². The number of nitrogens with one attached hydrogen (secondary N) is 2. The normalized spacial score (nSPS) is 45.0. The zero-order chi connectivity index (χ0) is 21.8. The van der Waals surface area contributed by atoms with Crippen LogP contribution in [0.15, 0.2) is 0 Å². The standard InChI is InChI=1S/C26H40N2O4/c29-23(31-3-1-25-11-17-5-18(12-25)7-19(6-17)13-25)27-28-24(30)32-4-2-26-14-20-8-21(15-26)10-22(9-20)16-26/h17-22H,1-16H2,(H,27,29)(H,28,30). The molecule has 6 nitrogen and oxygen atoms in total. The Bertz CT molecular complexity index is 618. The average Bonchev–Trinajstić information content (AvgIpc) is 2.70. The molecule has 0 heterocycles. The third kappa shape index (κ3) is 4.23. The first kappa shape index (κ1) is 21.1. The van der Waals surface area contributed by atoms with E-state index in [1.54, 1.807) is 0 Å². The van der Waals surface area contributed by atoms with E-state index >= 15 is 0 Å². The van der Waals surface area contributed by atoms with E-state index in [4.69, 9.17) is 9.47 Å². The van der Waals surface area contributed by atoms with Gasteiger partial charge in [-0.25, -0.2) is 20.4 Å². The molecule has 0 spiro atoms. The molecule has 8 bridgehead atoms. The Balaban J connectivity index is 0.874. The van der Waals surface area contributed by atoms with Crippen LogP contribution in [0.4, 0.5) is 9.59 Å². The van der Waals surface area contributed by atoms with Gasteiger partial charge in [-0.2, -0.15) is 0 Å². The first-order valence-corrected chi connectivity index (χ1v) is 13.3. The number of carbonyl (C=O) groups is 2. The maximum Gasteiger partial charge on any atom is 0.426 e. The number of hydrogen-bond donors (Lipinski definition) is 2. The van der Waals surface area contributed by atoms with E-state index in [-0.39, 0.29) is 0 Å². The van der Waals surface area contributed by atoms with Gasteiger partial charge in [0, 0.05) is 0 Å². The van der Waals surface area contributed by atoms with Crippen molar-refractivity contribution >= 4 is 12.2 Å². The Kier molecular flexibility index (Phi) is 5.33. The van der Waals surface area contributed by atoms with Crippen LogP contribution >= 0.6 is 0 Å². The van der Waals surface area contributed by atoms with E-state index in [1.165, 1.54) is 77.0 Å². The Morgan fingerprint density at radius 1 is 0.562 bits per heavy atom. The van der Waals surface area contributed by atoms with Crippen molar-refractivity contribution < 1.29 is 19.1 Å². The summed E-state index contributed by atoms with van der Waals surface area (Å²) in [4.78, 5) is 24.1. The monoisotopic (exact) mass is 444 g/mol. The number of rotatable bonds is 6. The number of hydrogen-bond acceptors (Lipinski definition) is 4. The molecule has 0 unspecified atom stereocenters. The van der Waals surface area contributed by atoms with E-state index in [9.17, 15) is 9.59 Å². The van der Waals surface area contributed by atoms with Gasteiger partial charge in [-0.15, -0.1) is 0 Å². The lowest BCUT2D eigenvalue weighted by molar-refractivity contribution is -0.0651. The van der Waals surface area contributed by atoms with Gasteiger partial charge in [0.05, 0.1) is 13.2 Å². The molecule has 32 heavy (non-hydrogen) atoms. The summed E-state index contributed by atoms with van der Waals surface area (Å²) in [6.07, 6.45) is 17.2. The molecule has 0 aromatic rings. The predicted octanol–water partition coefficient (Wildman–Crippen LogP) is 5.57. The van der Waals surface area contributed by atoms with Crippen LogP contribution in [0.1, 0.15) is 89.9 Å². The van der Waals surface area contributed by atoms with Crippen LogP contribution in [-0.4, -0.2) is 25.4 Å². The summed E-state index contributed by atoms with van der Waals surface area (Å²) < 4.78 is 10.8. The zero-order valence-corrected chi connectivity index (χ0v) is 19.4. The minimum atomic E-state index is -0.590. The van der Waals surface area contributed by atoms with Gasteiger partial charge in [0.25, 0.3) is 0 Å². The van der Waals surface area contributed by atoms with Crippen LogP contribution in [0.5, 0.6) is 0 Å². The molecular formula is C26H40N2O4. The number of hydrazine groups is 1. The van der Waals surface area contributed by atoms with Gasteiger partial charge in [-0.1, -0.05) is 0 Å². The van der Waals surface area contributed by atoms with Crippen molar-refractivity contribution in [3.05, 3.63) is 0 Å². The van der Waals surface area contributed by atoms with Crippen LogP contribution < -0.4 is 10.9 Å². The fraction of sp³-hybridized carbons (Fsp3) is 0.923. The fourth-order valence-electron chi connectivity index (χ4n) is 10.1. The molecule has 8 aliphatic rings. The van der Waals surface area contributed by atoms with Crippen molar-refractivity contribution in [3.63, 3.8) is 0 Å². The number of ether oxygens (including phenoxy) is 2. The first-order chi connectivity index (χ1) is 15.5. The quantitative estimate of drug-likeness (QED) is 0.525. The lowest BCUT2D eigenvalue weighted by Crippen LogP contribution is -2.47.